The summed E-state index contributed by atoms with van der Waals surface area (Å²) in [4.78, 5) is 0. The highest BCUT2D eigenvalue weighted by Gasteiger charge is 2.25. The highest BCUT2D eigenvalue weighted by molar-refractivity contribution is 5.45. The van der Waals surface area contributed by atoms with E-state index < -0.39 is 5.92 Å². The SMILES string of the molecule is Cc1cc(N)ccc1C(C)(F)F. The van der Waals surface area contributed by atoms with Crippen molar-refractivity contribution >= 4 is 5.69 Å². The van der Waals surface area contributed by atoms with Gasteiger partial charge in [-0.05, 0) is 24.6 Å². The lowest BCUT2D eigenvalue weighted by atomic mass is 10.0. The highest BCUT2D eigenvalue weighted by atomic mass is 19.3. The van der Waals surface area contributed by atoms with E-state index in [9.17, 15) is 8.78 Å². The van der Waals surface area contributed by atoms with Crippen LogP contribution in [0.4, 0.5) is 14.5 Å². The van der Waals surface area contributed by atoms with Gasteiger partial charge in [-0.1, -0.05) is 6.07 Å². The number of halogens is 2. The molecule has 0 bridgehead atoms. The first-order chi connectivity index (χ1) is 5.41. The predicted octanol–water partition coefficient (Wildman–Crippen LogP) is 2.69. The Hall–Kier alpha value is -1.12. The Morgan fingerprint density at radius 1 is 1.33 bits per heavy atom. The summed E-state index contributed by atoms with van der Waals surface area (Å²) in [6.45, 7) is 2.51. The van der Waals surface area contributed by atoms with E-state index in [1.54, 1.807) is 13.0 Å². The normalized spacial score (nSPS) is 11.7. The van der Waals surface area contributed by atoms with Crippen molar-refractivity contribution in [2.24, 2.45) is 0 Å². The van der Waals surface area contributed by atoms with Crippen LogP contribution < -0.4 is 5.73 Å². The van der Waals surface area contributed by atoms with Crippen LogP contribution in [0.15, 0.2) is 18.2 Å². The maximum Gasteiger partial charge on any atom is 0.270 e. The van der Waals surface area contributed by atoms with Crippen LogP contribution in [0.3, 0.4) is 0 Å². The minimum absolute atomic E-state index is 0.0386. The highest BCUT2D eigenvalue weighted by Crippen LogP contribution is 2.30. The molecule has 1 aromatic rings. The molecule has 0 aliphatic carbocycles. The van der Waals surface area contributed by atoms with Gasteiger partial charge in [0.05, 0.1) is 0 Å². The van der Waals surface area contributed by atoms with Gasteiger partial charge in [0.15, 0.2) is 0 Å². The van der Waals surface area contributed by atoms with Crippen molar-refractivity contribution in [1.82, 2.24) is 0 Å². The van der Waals surface area contributed by atoms with Crippen molar-refractivity contribution < 1.29 is 8.78 Å². The molecule has 0 unspecified atom stereocenters. The number of alkyl halides is 2. The molecule has 12 heavy (non-hydrogen) atoms. The van der Waals surface area contributed by atoms with Crippen LogP contribution in [0.1, 0.15) is 18.1 Å². The van der Waals surface area contributed by atoms with Crippen molar-refractivity contribution in [1.29, 1.82) is 0 Å². The van der Waals surface area contributed by atoms with E-state index in [0.29, 0.717) is 11.3 Å². The number of hydrogen-bond acceptors (Lipinski definition) is 1. The van der Waals surface area contributed by atoms with Gasteiger partial charge in [0.25, 0.3) is 5.92 Å². The molecule has 0 aromatic heterocycles. The molecular weight excluding hydrogens is 160 g/mol. The third kappa shape index (κ3) is 1.72. The summed E-state index contributed by atoms with van der Waals surface area (Å²) in [5.74, 6) is -2.78. The number of benzene rings is 1. The van der Waals surface area contributed by atoms with Gasteiger partial charge in [0, 0.05) is 18.2 Å². The molecular formula is C9H11F2N. The Kier molecular flexibility index (Phi) is 2.04. The van der Waals surface area contributed by atoms with Crippen molar-refractivity contribution in [3.05, 3.63) is 29.3 Å². The predicted molar refractivity (Wildman–Crippen MR) is 45.2 cm³/mol. The summed E-state index contributed by atoms with van der Waals surface area (Å²) in [6.07, 6.45) is 0. The molecule has 2 N–H and O–H groups in total. The average Bonchev–Trinajstić information content (AvgIpc) is 1.83. The number of nitrogen functional groups attached to an aromatic ring is 1. The number of nitrogens with two attached hydrogens (primary N) is 1. The fourth-order valence-corrected chi connectivity index (χ4v) is 1.18. The third-order valence-electron chi connectivity index (χ3n) is 1.72. The molecule has 3 heteroatoms. The van der Waals surface area contributed by atoms with Crippen LogP contribution in [-0.4, -0.2) is 0 Å². The van der Waals surface area contributed by atoms with E-state index >= 15 is 0 Å². The van der Waals surface area contributed by atoms with E-state index in [2.05, 4.69) is 0 Å². The van der Waals surface area contributed by atoms with Crippen molar-refractivity contribution in [3.8, 4) is 0 Å². The van der Waals surface area contributed by atoms with Crippen LogP contribution in [0.5, 0.6) is 0 Å². The zero-order valence-electron chi connectivity index (χ0n) is 7.07. The molecule has 1 rings (SSSR count). The number of aryl methyl sites for hydroxylation is 1. The second-order valence-corrected chi connectivity index (χ2v) is 2.96. The molecule has 0 saturated heterocycles. The Bertz CT molecular complexity index is 289. The molecule has 0 saturated carbocycles. The van der Waals surface area contributed by atoms with Gasteiger partial charge in [-0.3, -0.25) is 0 Å². The van der Waals surface area contributed by atoms with Crippen LogP contribution in [0.2, 0.25) is 0 Å². The van der Waals surface area contributed by atoms with Gasteiger partial charge >= 0.3 is 0 Å². The standard InChI is InChI=1S/C9H11F2N/c1-6-5-7(12)3-4-8(6)9(2,10)11/h3-5H,12H2,1-2H3. The Morgan fingerprint density at radius 2 is 1.92 bits per heavy atom. The molecule has 0 aliphatic heterocycles. The lowest BCUT2D eigenvalue weighted by Gasteiger charge is -2.13. The zero-order valence-corrected chi connectivity index (χ0v) is 7.07. The molecule has 1 nitrogen and oxygen atoms in total. The van der Waals surface area contributed by atoms with Gasteiger partial charge in [-0.15, -0.1) is 0 Å². The summed E-state index contributed by atoms with van der Waals surface area (Å²) < 4.78 is 25.6. The summed E-state index contributed by atoms with van der Waals surface area (Å²) in [5.41, 5.74) is 6.51. The summed E-state index contributed by atoms with van der Waals surface area (Å²) in [5, 5.41) is 0. The maximum absolute atomic E-state index is 12.8. The van der Waals surface area contributed by atoms with E-state index in [-0.39, 0.29) is 5.56 Å². The fourth-order valence-electron chi connectivity index (χ4n) is 1.18. The summed E-state index contributed by atoms with van der Waals surface area (Å²) in [7, 11) is 0. The smallest absolute Gasteiger partial charge is 0.270 e. The fraction of sp³-hybridized carbons (Fsp3) is 0.333. The van der Waals surface area contributed by atoms with Gasteiger partial charge in [0.2, 0.25) is 0 Å². The minimum Gasteiger partial charge on any atom is -0.399 e. The number of rotatable bonds is 1. The van der Waals surface area contributed by atoms with E-state index in [1.165, 1.54) is 12.1 Å². The van der Waals surface area contributed by atoms with Crippen LogP contribution in [-0.2, 0) is 5.92 Å². The topological polar surface area (TPSA) is 26.0 Å². The molecule has 66 valence electrons. The van der Waals surface area contributed by atoms with E-state index in [4.69, 9.17) is 5.73 Å². The molecule has 0 radical (unpaired) electrons. The first kappa shape index (κ1) is 8.97. The van der Waals surface area contributed by atoms with E-state index in [1.807, 2.05) is 0 Å². The molecule has 0 atom stereocenters. The molecule has 0 fully saturated rings. The Labute approximate surface area is 70.2 Å². The molecule has 0 aliphatic rings. The minimum atomic E-state index is -2.78. The maximum atomic E-state index is 12.8. The zero-order chi connectivity index (χ0) is 9.35. The average molecular weight is 171 g/mol. The third-order valence-corrected chi connectivity index (χ3v) is 1.72. The quantitative estimate of drug-likeness (QED) is 0.646. The van der Waals surface area contributed by atoms with Crippen molar-refractivity contribution in [3.63, 3.8) is 0 Å². The van der Waals surface area contributed by atoms with Gasteiger partial charge in [0.1, 0.15) is 0 Å². The Balaban J connectivity index is 3.19. The molecule has 1 aromatic carbocycles. The van der Waals surface area contributed by atoms with E-state index in [0.717, 1.165) is 6.92 Å². The lowest BCUT2D eigenvalue weighted by molar-refractivity contribution is 0.0168. The first-order valence-electron chi connectivity index (χ1n) is 3.65. The van der Waals surface area contributed by atoms with Crippen LogP contribution in [0, 0.1) is 6.92 Å². The van der Waals surface area contributed by atoms with Crippen molar-refractivity contribution in [2.45, 2.75) is 19.8 Å². The van der Waals surface area contributed by atoms with Gasteiger partial charge < -0.3 is 5.73 Å². The van der Waals surface area contributed by atoms with Gasteiger partial charge in [-0.25, -0.2) is 8.78 Å². The second kappa shape index (κ2) is 2.73. The largest absolute Gasteiger partial charge is 0.399 e. The molecule has 0 spiro atoms. The lowest BCUT2D eigenvalue weighted by Crippen LogP contribution is -2.09. The summed E-state index contributed by atoms with van der Waals surface area (Å²) >= 11 is 0. The molecule has 0 amide bonds. The first-order valence-corrected chi connectivity index (χ1v) is 3.65. The van der Waals surface area contributed by atoms with Crippen molar-refractivity contribution in [2.75, 3.05) is 5.73 Å². The van der Waals surface area contributed by atoms with Crippen LogP contribution in [0.25, 0.3) is 0 Å². The Morgan fingerprint density at radius 3 is 2.33 bits per heavy atom. The molecule has 0 heterocycles. The van der Waals surface area contributed by atoms with Gasteiger partial charge in [-0.2, -0.15) is 0 Å². The number of anilines is 1. The summed E-state index contributed by atoms with van der Waals surface area (Å²) in [6, 6.07) is 4.40. The second-order valence-electron chi connectivity index (χ2n) is 2.96. The monoisotopic (exact) mass is 171 g/mol. The number of hydrogen-bond donors (Lipinski definition) is 1. The van der Waals surface area contributed by atoms with Crippen LogP contribution >= 0.6 is 0 Å².